The zero-order valence-electron chi connectivity index (χ0n) is 13.3. The number of carbonyl (C=O) groups excluding carboxylic acids is 1. The number of aliphatic hydroxyl groups is 1. The van der Waals surface area contributed by atoms with E-state index in [9.17, 15) is 9.90 Å². The standard InChI is InChI=1S/C19H20O5/c1-2-19(22)24-12-11-23-18-13-16(21)7-8-17(18)15-5-3-14(4-6-15)9-10-20/h2-8,13,20-21H,1,9-12H2. The molecule has 2 N–H and O–H groups in total. The number of benzene rings is 2. The first-order valence-electron chi connectivity index (χ1n) is 7.59. The van der Waals surface area contributed by atoms with Crippen LogP contribution in [0.5, 0.6) is 11.5 Å². The molecule has 0 aliphatic heterocycles. The van der Waals surface area contributed by atoms with E-state index in [0.717, 1.165) is 22.8 Å². The van der Waals surface area contributed by atoms with Gasteiger partial charge >= 0.3 is 5.97 Å². The zero-order chi connectivity index (χ0) is 17.4. The van der Waals surface area contributed by atoms with Crippen molar-refractivity contribution in [2.75, 3.05) is 19.8 Å². The topological polar surface area (TPSA) is 76.0 Å². The molecule has 0 amide bonds. The molecule has 2 rings (SSSR count). The maximum absolute atomic E-state index is 11.0. The molecule has 126 valence electrons. The van der Waals surface area contributed by atoms with Crippen LogP contribution in [-0.2, 0) is 16.0 Å². The molecule has 5 heteroatoms. The second-order valence-electron chi connectivity index (χ2n) is 5.07. The average molecular weight is 328 g/mol. The average Bonchev–Trinajstić information content (AvgIpc) is 2.60. The Morgan fingerprint density at radius 2 is 1.88 bits per heavy atom. The van der Waals surface area contributed by atoms with Crippen molar-refractivity contribution in [2.45, 2.75) is 6.42 Å². The van der Waals surface area contributed by atoms with E-state index < -0.39 is 5.97 Å². The van der Waals surface area contributed by atoms with Crippen LogP contribution in [0.15, 0.2) is 55.1 Å². The quantitative estimate of drug-likeness (QED) is 0.443. The van der Waals surface area contributed by atoms with Crippen molar-refractivity contribution in [3.05, 3.63) is 60.7 Å². The molecule has 2 aromatic rings. The smallest absolute Gasteiger partial charge is 0.330 e. The number of hydrogen-bond acceptors (Lipinski definition) is 5. The van der Waals surface area contributed by atoms with E-state index in [-0.39, 0.29) is 25.6 Å². The monoisotopic (exact) mass is 328 g/mol. The van der Waals surface area contributed by atoms with Crippen molar-refractivity contribution in [1.29, 1.82) is 0 Å². The van der Waals surface area contributed by atoms with Crippen LogP contribution >= 0.6 is 0 Å². The largest absolute Gasteiger partial charge is 0.508 e. The van der Waals surface area contributed by atoms with Crippen molar-refractivity contribution in [3.63, 3.8) is 0 Å². The van der Waals surface area contributed by atoms with Gasteiger partial charge < -0.3 is 19.7 Å². The minimum Gasteiger partial charge on any atom is -0.508 e. The molecule has 0 aliphatic rings. The minimum atomic E-state index is -0.505. The lowest BCUT2D eigenvalue weighted by molar-refractivity contribution is -0.138. The minimum absolute atomic E-state index is 0.0914. The third-order valence-electron chi connectivity index (χ3n) is 3.38. The van der Waals surface area contributed by atoms with E-state index in [0.29, 0.717) is 12.2 Å². The summed E-state index contributed by atoms with van der Waals surface area (Å²) >= 11 is 0. The van der Waals surface area contributed by atoms with Gasteiger partial charge in [0.25, 0.3) is 0 Å². The van der Waals surface area contributed by atoms with Gasteiger partial charge in [0.1, 0.15) is 24.7 Å². The van der Waals surface area contributed by atoms with Gasteiger partial charge in [0.15, 0.2) is 0 Å². The lowest BCUT2D eigenvalue weighted by atomic mass is 10.0. The van der Waals surface area contributed by atoms with Gasteiger partial charge in [-0.15, -0.1) is 0 Å². The van der Waals surface area contributed by atoms with Crippen LogP contribution in [0.1, 0.15) is 5.56 Å². The number of phenols is 1. The number of ether oxygens (including phenoxy) is 2. The second-order valence-corrected chi connectivity index (χ2v) is 5.07. The highest BCUT2D eigenvalue weighted by Gasteiger charge is 2.08. The van der Waals surface area contributed by atoms with Crippen LogP contribution in [0.4, 0.5) is 0 Å². The Morgan fingerprint density at radius 1 is 1.12 bits per heavy atom. The van der Waals surface area contributed by atoms with E-state index in [1.54, 1.807) is 12.1 Å². The molecule has 5 nitrogen and oxygen atoms in total. The van der Waals surface area contributed by atoms with Crippen LogP contribution < -0.4 is 4.74 Å². The molecule has 24 heavy (non-hydrogen) atoms. The zero-order valence-corrected chi connectivity index (χ0v) is 13.3. The first-order chi connectivity index (χ1) is 11.6. The summed E-state index contributed by atoms with van der Waals surface area (Å²) in [6, 6.07) is 12.6. The molecule has 0 spiro atoms. The van der Waals surface area contributed by atoms with Gasteiger partial charge in [0, 0.05) is 24.3 Å². The van der Waals surface area contributed by atoms with Crippen molar-refractivity contribution < 1.29 is 24.5 Å². The summed E-state index contributed by atoms with van der Waals surface area (Å²) in [5.41, 5.74) is 2.78. The van der Waals surface area contributed by atoms with E-state index in [2.05, 4.69) is 6.58 Å². The first kappa shape index (κ1) is 17.6. The normalized spacial score (nSPS) is 10.2. The highest BCUT2D eigenvalue weighted by molar-refractivity contribution is 5.81. The lowest BCUT2D eigenvalue weighted by Crippen LogP contribution is -2.10. The van der Waals surface area contributed by atoms with Crippen molar-refractivity contribution in [3.8, 4) is 22.6 Å². The molecule has 0 atom stereocenters. The fourth-order valence-corrected chi connectivity index (χ4v) is 2.20. The van der Waals surface area contributed by atoms with E-state index in [1.807, 2.05) is 24.3 Å². The summed E-state index contributed by atoms with van der Waals surface area (Å²) in [4.78, 5) is 11.0. The van der Waals surface area contributed by atoms with Gasteiger partial charge in [-0.25, -0.2) is 4.79 Å². The molecule has 0 unspecified atom stereocenters. The Bertz CT molecular complexity index is 691. The van der Waals surface area contributed by atoms with Crippen LogP contribution in [0.2, 0.25) is 0 Å². The SMILES string of the molecule is C=CC(=O)OCCOc1cc(O)ccc1-c1ccc(CCO)cc1. The summed E-state index contributed by atoms with van der Waals surface area (Å²) in [5.74, 6) is 0.0856. The number of carbonyl (C=O) groups is 1. The van der Waals surface area contributed by atoms with Gasteiger partial charge in [-0.2, -0.15) is 0 Å². The van der Waals surface area contributed by atoms with E-state index >= 15 is 0 Å². The number of hydrogen-bond donors (Lipinski definition) is 2. The van der Waals surface area contributed by atoms with Gasteiger partial charge in [-0.3, -0.25) is 0 Å². The van der Waals surface area contributed by atoms with Gasteiger partial charge in [-0.05, 0) is 29.7 Å². The summed E-state index contributed by atoms with van der Waals surface area (Å²) < 4.78 is 10.5. The Labute approximate surface area is 140 Å². The molecule has 0 heterocycles. The third-order valence-corrected chi connectivity index (χ3v) is 3.38. The number of esters is 1. The summed E-state index contributed by atoms with van der Waals surface area (Å²) in [6.45, 7) is 3.68. The highest BCUT2D eigenvalue weighted by Crippen LogP contribution is 2.33. The number of rotatable bonds is 8. The van der Waals surface area contributed by atoms with Crippen LogP contribution in [-0.4, -0.2) is 36.0 Å². The van der Waals surface area contributed by atoms with Crippen molar-refractivity contribution in [1.82, 2.24) is 0 Å². The molecule has 0 aromatic heterocycles. The number of phenolic OH excluding ortho intramolecular Hbond substituents is 1. The maximum atomic E-state index is 11.0. The fourth-order valence-electron chi connectivity index (χ4n) is 2.20. The molecule has 0 fully saturated rings. The molecule has 0 saturated heterocycles. The van der Waals surface area contributed by atoms with Crippen molar-refractivity contribution in [2.24, 2.45) is 0 Å². The summed E-state index contributed by atoms with van der Waals surface area (Å²) in [5, 5.41) is 18.6. The lowest BCUT2D eigenvalue weighted by Gasteiger charge is -2.13. The predicted molar refractivity (Wildman–Crippen MR) is 91.0 cm³/mol. The van der Waals surface area contributed by atoms with Gasteiger partial charge in [0.2, 0.25) is 0 Å². The molecular weight excluding hydrogens is 308 g/mol. The Kier molecular flexibility index (Phi) is 6.40. The number of aromatic hydroxyl groups is 1. The third kappa shape index (κ3) is 4.86. The molecule has 0 aliphatic carbocycles. The molecule has 0 bridgehead atoms. The summed E-state index contributed by atoms with van der Waals surface area (Å²) in [7, 11) is 0. The Hall–Kier alpha value is -2.79. The van der Waals surface area contributed by atoms with Crippen LogP contribution in [0, 0.1) is 0 Å². The Balaban J connectivity index is 2.11. The van der Waals surface area contributed by atoms with Crippen molar-refractivity contribution >= 4 is 5.97 Å². The first-order valence-corrected chi connectivity index (χ1v) is 7.59. The van der Waals surface area contributed by atoms with E-state index in [4.69, 9.17) is 14.6 Å². The molecule has 2 aromatic carbocycles. The Morgan fingerprint density at radius 3 is 2.54 bits per heavy atom. The van der Waals surface area contributed by atoms with Gasteiger partial charge in [0.05, 0.1) is 0 Å². The predicted octanol–water partition coefficient (Wildman–Crippen LogP) is 2.70. The highest BCUT2D eigenvalue weighted by atomic mass is 16.6. The fraction of sp³-hybridized carbons (Fsp3) is 0.211. The summed E-state index contributed by atoms with van der Waals surface area (Å²) in [6.07, 6.45) is 1.70. The number of aliphatic hydroxyl groups excluding tert-OH is 1. The van der Waals surface area contributed by atoms with Crippen LogP contribution in [0.3, 0.4) is 0 Å². The molecule has 0 saturated carbocycles. The second kappa shape index (κ2) is 8.74. The van der Waals surface area contributed by atoms with Crippen LogP contribution in [0.25, 0.3) is 11.1 Å². The molecular formula is C19H20O5. The van der Waals surface area contributed by atoms with Gasteiger partial charge in [-0.1, -0.05) is 30.8 Å². The van der Waals surface area contributed by atoms with E-state index in [1.165, 1.54) is 6.07 Å². The molecule has 0 radical (unpaired) electrons. The maximum Gasteiger partial charge on any atom is 0.330 e.